The Bertz CT molecular complexity index is 725. The van der Waals surface area contributed by atoms with E-state index < -0.39 is 5.91 Å². The molecule has 2 aromatic rings. The zero-order valence-corrected chi connectivity index (χ0v) is 14.1. The number of amides is 1. The second kappa shape index (κ2) is 7.39. The third-order valence-corrected chi connectivity index (χ3v) is 3.80. The lowest BCUT2D eigenvalue weighted by atomic mass is 10.1. The number of anilines is 1. The van der Waals surface area contributed by atoms with Crippen LogP contribution >= 0.6 is 23.4 Å². The lowest BCUT2D eigenvalue weighted by Gasteiger charge is -2.19. The fourth-order valence-corrected chi connectivity index (χ4v) is 2.69. The molecule has 0 spiro atoms. The van der Waals surface area contributed by atoms with E-state index in [0.717, 1.165) is 0 Å². The van der Waals surface area contributed by atoms with Gasteiger partial charge in [0.05, 0.1) is 26.3 Å². The largest absolute Gasteiger partial charge is 0.495 e. The third kappa shape index (κ3) is 3.60. The number of primary amides is 1. The Morgan fingerprint density at radius 1 is 1.30 bits per heavy atom. The zero-order valence-electron chi connectivity index (χ0n) is 12.5. The van der Waals surface area contributed by atoms with Crippen molar-refractivity contribution in [2.24, 2.45) is 5.73 Å². The Kier molecular flexibility index (Phi) is 5.52. The number of hydrogen-bond acceptors (Lipinski definition) is 5. The van der Waals surface area contributed by atoms with Gasteiger partial charge in [-0.1, -0.05) is 11.6 Å². The van der Waals surface area contributed by atoms with Crippen LogP contribution in [-0.4, -0.2) is 25.1 Å². The van der Waals surface area contributed by atoms with Crippen molar-refractivity contribution in [3.63, 3.8) is 0 Å². The summed E-state index contributed by atoms with van der Waals surface area (Å²) in [5, 5.41) is 0.341. The van der Waals surface area contributed by atoms with Crippen molar-refractivity contribution in [2.75, 3.05) is 18.6 Å². The topological polar surface area (TPSA) is 77.7 Å². The first-order valence-electron chi connectivity index (χ1n) is 6.57. The van der Waals surface area contributed by atoms with Gasteiger partial charge in [0.2, 0.25) is 0 Å². The van der Waals surface area contributed by atoms with E-state index in [1.54, 1.807) is 24.3 Å². The Hall–Kier alpha value is -2.18. The van der Waals surface area contributed by atoms with Crippen LogP contribution in [0.25, 0.3) is 0 Å². The van der Waals surface area contributed by atoms with Crippen molar-refractivity contribution < 1.29 is 14.3 Å². The maximum atomic E-state index is 11.5. The van der Waals surface area contributed by atoms with Gasteiger partial charge < -0.3 is 15.2 Å². The summed E-state index contributed by atoms with van der Waals surface area (Å²) in [7, 11) is 3.01. The van der Waals surface area contributed by atoms with Crippen molar-refractivity contribution >= 4 is 35.1 Å². The van der Waals surface area contributed by atoms with Crippen molar-refractivity contribution in [1.29, 1.82) is 0 Å². The molecule has 1 heterocycles. The van der Waals surface area contributed by atoms with Crippen LogP contribution < -0.4 is 19.6 Å². The van der Waals surface area contributed by atoms with E-state index in [0.29, 0.717) is 22.1 Å². The smallest absolute Gasteiger partial charge is 0.252 e. The number of methoxy groups -OCH3 is 2. The minimum absolute atomic E-state index is 0.200. The van der Waals surface area contributed by atoms with Gasteiger partial charge in [0.1, 0.15) is 16.5 Å². The Labute approximate surface area is 143 Å². The SMILES string of the molecule is COc1ccc(CN(Cl)c2ncccc2C(N)=O)c(OC)c1Cl. The summed E-state index contributed by atoms with van der Waals surface area (Å²) < 4.78 is 11.8. The maximum Gasteiger partial charge on any atom is 0.252 e. The zero-order chi connectivity index (χ0) is 17.0. The summed E-state index contributed by atoms with van der Waals surface area (Å²) in [4.78, 5) is 15.6. The van der Waals surface area contributed by atoms with Crippen LogP contribution in [0.15, 0.2) is 30.5 Å². The molecule has 6 nitrogen and oxygen atoms in total. The summed E-state index contributed by atoms with van der Waals surface area (Å²) in [6, 6.07) is 6.64. The third-order valence-electron chi connectivity index (χ3n) is 3.16. The number of nitrogens with zero attached hydrogens (tertiary/aromatic N) is 2. The van der Waals surface area contributed by atoms with Crippen molar-refractivity contribution in [2.45, 2.75) is 6.54 Å². The number of hydrogen-bond donors (Lipinski definition) is 1. The highest BCUT2D eigenvalue weighted by Crippen LogP contribution is 2.38. The van der Waals surface area contributed by atoms with Crippen molar-refractivity contribution in [3.8, 4) is 11.5 Å². The lowest BCUT2D eigenvalue weighted by Crippen LogP contribution is -2.19. The number of rotatable bonds is 6. The van der Waals surface area contributed by atoms with Crippen molar-refractivity contribution in [1.82, 2.24) is 4.98 Å². The van der Waals surface area contributed by atoms with Crippen molar-refractivity contribution in [3.05, 3.63) is 46.6 Å². The van der Waals surface area contributed by atoms with Gasteiger partial charge in [0.25, 0.3) is 5.91 Å². The number of nitrogens with two attached hydrogens (primary N) is 1. The molecule has 0 bridgehead atoms. The minimum Gasteiger partial charge on any atom is -0.495 e. The average molecular weight is 356 g/mol. The number of ether oxygens (including phenoxy) is 2. The molecule has 0 unspecified atom stereocenters. The molecule has 1 aromatic heterocycles. The predicted octanol–water partition coefficient (Wildman–Crippen LogP) is 3.01. The van der Waals surface area contributed by atoms with Crippen LogP contribution in [0.5, 0.6) is 11.5 Å². The first-order chi connectivity index (χ1) is 11.0. The number of pyridine rings is 1. The standard InChI is InChI=1S/C15H15Cl2N3O3/c1-22-11-6-5-9(13(23-2)12(11)16)8-20(17)15-10(14(18)21)4-3-7-19-15/h3-7H,8H2,1-2H3,(H2,18,21). The van der Waals surface area contributed by atoms with Gasteiger partial charge in [-0.15, -0.1) is 0 Å². The highest BCUT2D eigenvalue weighted by atomic mass is 35.5. The summed E-state index contributed by atoms with van der Waals surface area (Å²) in [6.07, 6.45) is 1.52. The summed E-state index contributed by atoms with van der Waals surface area (Å²) in [6.45, 7) is 0.200. The molecule has 0 atom stereocenters. The Morgan fingerprint density at radius 3 is 2.65 bits per heavy atom. The average Bonchev–Trinajstić information content (AvgIpc) is 2.55. The molecule has 0 radical (unpaired) electrons. The molecule has 8 heteroatoms. The molecule has 0 aliphatic carbocycles. The van der Waals surface area contributed by atoms with E-state index in [-0.39, 0.29) is 17.9 Å². The summed E-state index contributed by atoms with van der Waals surface area (Å²) in [5.41, 5.74) is 6.26. The highest BCUT2D eigenvalue weighted by Gasteiger charge is 2.19. The van der Waals surface area contributed by atoms with E-state index in [9.17, 15) is 4.79 Å². The molecule has 2 rings (SSSR count). The number of aromatic nitrogens is 1. The number of benzene rings is 1. The normalized spacial score (nSPS) is 10.3. The van der Waals surface area contributed by atoms with E-state index >= 15 is 0 Å². The molecule has 0 aliphatic heterocycles. The van der Waals surface area contributed by atoms with Gasteiger partial charge in [0.15, 0.2) is 5.82 Å². The molecule has 0 saturated carbocycles. The van der Waals surface area contributed by atoms with E-state index in [1.165, 1.54) is 24.8 Å². The maximum absolute atomic E-state index is 11.5. The van der Waals surface area contributed by atoms with Gasteiger partial charge in [-0.2, -0.15) is 0 Å². The van der Waals surface area contributed by atoms with Crippen LogP contribution in [0.4, 0.5) is 5.82 Å². The molecule has 0 saturated heterocycles. The van der Waals surface area contributed by atoms with Crippen LogP contribution in [0, 0.1) is 0 Å². The molecule has 0 aliphatic rings. The molecule has 122 valence electrons. The van der Waals surface area contributed by atoms with Gasteiger partial charge in [-0.3, -0.25) is 9.21 Å². The number of carbonyl (C=O) groups excluding carboxylic acids is 1. The van der Waals surface area contributed by atoms with E-state index in [2.05, 4.69) is 4.98 Å². The van der Waals surface area contributed by atoms with Crippen LogP contribution in [0.3, 0.4) is 0 Å². The Morgan fingerprint density at radius 2 is 2.04 bits per heavy atom. The highest BCUT2D eigenvalue weighted by molar-refractivity contribution is 6.33. The minimum atomic E-state index is -0.613. The van der Waals surface area contributed by atoms with Gasteiger partial charge >= 0.3 is 0 Å². The van der Waals surface area contributed by atoms with E-state index in [4.69, 9.17) is 38.6 Å². The fourth-order valence-electron chi connectivity index (χ4n) is 2.09. The molecule has 1 amide bonds. The second-order valence-electron chi connectivity index (χ2n) is 4.53. The van der Waals surface area contributed by atoms with Gasteiger partial charge in [-0.25, -0.2) is 4.98 Å². The predicted molar refractivity (Wildman–Crippen MR) is 89.3 cm³/mol. The molecule has 1 aromatic carbocycles. The van der Waals surface area contributed by atoms with E-state index in [1.807, 2.05) is 0 Å². The monoisotopic (exact) mass is 355 g/mol. The van der Waals surface area contributed by atoms with Gasteiger partial charge in [0, 0.05) is 23.5 Å². The number of halogens is 2. The van der Waals surface area contributed by atoms with Crippen LogP contribution in [-0.2, 0) is 6.54 Å². The second-order valence-corrected chi connectivity index (χ2v) is 5.32. The van der Waals surface area contributed by atoms with Crippen LogP contribution in [0.2, 0.25) is 5.02 Å². The summed E-state index contributed by atoms with van der Waals surface area (Å²) in [5.74, 6) is 0.575. The van der Waals surface area contributed by atoms with Crippen LogP contribution in [0.1, 0.15) is 15.9 Å². The molecule has 2 N–H and O–H groups in total. The van der Waals surface area contributed by atoms with Gasteiger partial charge in [-0.05, 0) is 24.3 Å². The first kappa shape index (κ1) is 17.2. The molecule has 0 fully saturated rings. The molecular weight excluding hydrogens is 341 g/mol. The Balaban J connectivity index is 2.36. The number of carbonyl (C=O) groups is 1. The summed E-state index contributed by atoms with van der Waals surface area (Å²) >= 11 is 12.5. The first-order valence-corrected chi connectivity index (χ1v) is 7.28. The lowest BCUT2D eigenvalue weighted by molar-refractivity contribution is 0.100. The quantitative estimate of drug-likeness (QED) is 0.805. The molecule has 23 heavy (non-hydrogen) atoms. The fraction of sp³-hybridized carbons (Fsp3) is 0.200. The molecular formula is C15H15Cl2N3O3.